The van der Waals surface area contributed by atoms with Crippen LogP contribution in [0, 0.1) is 0 Å². The van der Waals surface area contributed by atoms with Gasteiger partial charge < -0.3 is 5.11 Å². The van der Waals surface area contributed by atoms with E-state index < -0.39 is 59.2 Å². The molecule has 0 bridgehead atoms. The second-order valence-electron chi connectivity index (χ2n) is 4.81. The molecular weight excluding hydrogens is 510 g/mol. The van der Waals surface area contributed by atoms with Gasteiger partial charge in [0, 0.05) is 17.0 Å². The largest absolute Gasteiger partial charge is 0.460 e. The van der Waals surface area contributed by atoms with Gasteiger partial charge in [0.1, 0.15) is 0 Å². The first kappa shape index (κ1) is 24.8. The van der Waals surface area contributed by atoms with Crippen molar-refractivity contribution in [2.75, 3.05) is 6.61 Å². The predicted octanol–water partition coefficient (Wildman–Crippen LogP) is 5.30. The Morgan fingerprint density at radius 1 is 0.640 bits per heavy atom. The maximum atomic E-state index is 13.3. The molecule has 0 aromatic heterocycles. The van der Waals surface area contributed by atoms with Crippen LogP contribution in [0.15, 0.2) is 0 Å². The van der Waals surface area contributed by atoms with Crippen LogP contribution in [0.3, 0.4) is 0 Å². The lowest BCUT2D eigenvalue weighted by molar-refractivity contribution is -0.440. The molecule has 0 amide bonds. The van der Waals surface area contributed by atoms with Gasteiger partial charge in [-0.3, -0.25) is 0 Å². The summed E-state index contributed by atoms with van der Waals surface area (Å²) in [7, 11) is 0. The second-order valence-corrected chi connectivity index (χ2v) is 6.58. The van der Waals surface area contributed by atoms with Gasteiger partial charge >= 0.3 is 35.8 Å². The Balaban J connectivity index is 6.03. The smallest absolute Gasteiger partial charge is 0.396 e. The number of aliphatic hydroxyl groups excluding tert-OH is 1. The first-order valence-corrected chi connectivity index (χ1v) is 7.16. The number of alkyl halides is 14. The summed E-state index contributed by atoms with van der Waals surface area (Å²) in [5.41, 5.74) is 0. The Labute approximate surface area is 144 Å². The van der Waals surface area contributed by atoms with Crippen LogP contribution in [0.1, 0.15) is 12.8 Å². The molecule has 0 radical (unpaired) electrons. The lowest BCUT2D eigenvalue weighted by Gasteiger charge is -2.40. The van der Waals surface area contributed by atoms with E-state index in [0.717, 1.165) is 22.6 Å². The van der Waals surface area contributed by atoms with E-state index in [1.165, 1.54) is 0 Å². The minimum absolute atomic E-state index is 0.688. The van der Waals surface area contributed by atoms with Gasteiger partial charge in [0.25, 0.3) is 0 Å². The van der Waals surface area contributed by atoms with Crippen LogP contribution in [0.4, 0.5) is 57.1 Å². The molecule has 1 N–H and O–H groups in total. The fourth-order valence-corrected chi connectivity index (χ4v) is 2.28. The number of aliphatic hydroxyl groups is 1. The van der Waals surface area contributed by atoms with Crippen LogP contribution in [0.2, 0.25) is 0 Å². The van der Waals surface area contributed by atoms with Gasteiger partial charge in [0.15, 0.2) is 0 Å². The quantitative estimate of drug-likeness (QED) is 0.263. The normalized spacial score (nSPS) is 16.9. The molecule has 0 saturated heterocycles. The first-order chi connectivity index (χ1) is 10.7. The molecule has 0 rings (SSSR count). The third kappa shape index (κ3) is 4.05. The van der Waals surface area contributed by atoms with Gasteiger partial charge in [0.2, 0.25) is 0 Å². The van der Waals surface area contributed by atoms with Crippen LogP contribution in [-0.2, 0) is 0 Å². The third-order valence-corrected chi connectivity index (χ3v) is 3.98. The molecule has 152 valence electrons. The summed E-state index contributed by atoms with van der Waals surface area (Å²) in [6.07, 6.45) is -10.4. The standard InChI is InChI=1S/C10H8F13IO/c11-5(12,3-4(24)1-2-25)6(13,14)7(15,16)8(17,18)9(19,20)10(21,22)23/h4,25H,1-3H2/t4-/m0/s1. The van der Waals surface area contributed by atoms with E-state index in [4.69, 9.17) is 5.11 Å². The third-order valence-electron chi connectivity index (χ3n) is 2.92. The highest BCUT2D eigenvalue weighted by molar-refractivity contribution is 14.1. The molecule has 0 aromatic carbocycles. The van der Waals surface area contributed by atoms with Crippen LogP contribution >= 0.6 is 22.6 Å². The van der Waals surface area contributed by atoms with E-state index in [9.17, 15) is 57.1 Å². The van der Waals surface area contributed by atoms with E-state index in [0.29, 0.717) is 0 Å². The average molecular weight is 518 g/mol. The van der Waals surface area contributed by atoms with Crippen LogP contribution in [0.25, 0.3) is 0 Å². The molecule has 15 heteroatoms. The molecule has 0 aliphatic heterocycles. The maximum absolute atomic E-state index is 13.3. The van der Waals surface area contributed by atoms with Gasteiger partial charge in [-0.05, 0) is 6.42 Å². The summed E-state index contributed by atoms with van der Waals surface area (Å²) in [5.74, 6) is -36.7. The van der Waals surface area contributed by atoms with Gasteiger partial charge in [-0.15, -0.1) is 0 Å². The summed E-state index contributed by atoms with van der Waals surface area (Å²) in [6.45, 7) is -0.895. The van der Waals surface area contributed by atoms with Crippen molar-refractivity contribution < 1.29 is 62.2 Å². The Hall–Kier alpha value is -0.220. The summed E-state index contributed by atoms with van der Waals surface area (Å²) in [4.78, 5) is 0. The highest BCUT2D eigenvalue weighted by atomic mass is 127. The molecule has 1 atom stereocenters. The summed E-state index contributed by atoms with van der Waals surface area (Å²) < 4.78 is 164. The van der Waals surface area contributed by atoms with Crippen molar-refractivity contribution >= 4 is 22.6 Å². The fourth-order valence-electron chi connectivity index (χ4n) is 1.45. The van der Waals surface area contributed by atoms with Gasteiger partial charge in [0.05, 0.1) is 0 Å². The lowest BCUT2D eigenvalue weighted by atomic mass is 9.92. The number of halogens is 14. The summed E-state index contributed by atoms with van der Waals surface area (Å²) in [6, 6.07) is 0. The summed E-state index contributed by atoms with van der Waals surface area (Å²) >= 11 is 0.951. The number of hydrogen-bond donors (Lipinski definition) is 1. The lowest BCUT2D eigenvalue weighted by Crippen LogP contribution is -2.70. The van der Waals surface area contributed by atoms with Crippen molar-refractivity contribution in [1.29, 1.82) is 0 Å². The second kappa shape index (κ2) is 7.07. The molecule has 0 saturated carbocycles. The van der Waals surface area contributed by atoms with Gasteiger partial charge in [-0.1, -0.05) is 22.6 Å². The highest BCUT2D eigenvalue weighted by Crippen LogP contribution is 2.60. The van der Waals surface area contributed by atoms with Crippen LogP contribution < -0.4 is 0 Å². The predicted molar refractivity (Wildman–Crippen MR) is 64.9 cm³/mol. The molecular formula is C10H8F13IO. The zero-order chi connectivity index (χ0) is 20.7. The zero-order valence-corrected chi connectivity index (χ0v) is 13.6. The van der Waals surface area contributed by atoms with Crippen molar-refractivity contribution in [3.63, 3.8) is 0 Å². The maximum Gasteiger partial charge on any atom is 0.460 e. The zero-order valence-electron chi connectivity index (χ0n) is 11.4. The Morgan fingerprint density at radius 2 is 1.00 bits per heavy atom. The monoisotopic (exact) mass is 518 g/mol. The van der Waals surface area contributed by atoms with Crippen molar-refractivity contribution in [3.05, 3.63) is 0 Å². The van der Waals surface area contributed by atoms with Gasteiger partial charge in [-0.25, -0.2) is 0 Å². The topological polar surface area (TPSA) is 20.2 Å². The molecule has 1 nitrogen and oxygen atoms in total. The minimum atomic E-state index is -7.87. The summed E-state index contributed by atoms with van der Waals surface area (Å²) in [5, 5.41) is 8.39. The van der Waals surface area contributed by atoms with E-state index in [1.807, 2.05) is 0 Å². The Kier molecular flexibility index (Phi) is 7.01. The number of rotatable bonds is 8. The van der Waals surface area contributed by atoms with E-state index in [1.54, 1.807) is 0 Å². The molecule has 0 fully saturated rings. The number of hydrogen-bond acceptors (Lipinski definition) is 1. The van der Waals surface area contributed by atoms with E-state index >= 15 is 0 Å². The SMILES string of the molecule is OCC[C@H](I)CC(F)(F)C(F)(F)C(F)(F)C(F)(F)C(F)(F)C(F)(F)F. The molecule has 0 aliphatic carbocycles. The Morgan fingerprint density at radius 3 is 1.32 bits per heavy atom. The van der Waals surface area contributed by atoms with Crippen molar-refractivity contribution in [1.82, 2.24) is 0 Å². The van der Waals surface area contributed by atoms with Crippen molar-refractivity contribution in [2.24, 2.45) is 0 Å². The van der Waals surface area contributed by atoms with Crippen molar-refractivity contribution in [2.45, 2.75) is 52.6 Å². The van der Waals surface area contributed by atoms with E-state index in [-0.39, 0.29) is 0 Å². The molecule has 0 heterocycles. The van der Waals surface area contributed by atoms with Crippen LogP contribution in [0.5, 0.6) is 0 Å². The highest BCUT2D eigenvalue weighted by Gasteiger charge is 2.90. The van der Waals surface area contributed by atoms with E-state index in [2.05, 4.69) is 0 Å². The average Bonchev–Trinajstić information content (AvgIpc) is 2.35. The van der Waals surface area contributed by atoms with Crippen molar-refractivity contribution in [3.8, 4) is 0 Å². The molecule has 0 spiro atoms. The molecule has 0 aliphatic rings. The molecule has 0 unspecified atom stereocenters. The Bertz CT molecular complexity index is 458. The molecule has 25 heavy (non-hydrogen) atoms. The fraction of sp³-hybridized carbons (Fsp3) is 1.00. The minimum Gasteiger partial charge on any atom is -0.396 e. The molecule has 0 aromatic rings. The van der Waals surface area contributed by atoms with Gasteiger partial charge in [-0.2, -0.15) is 57.1 Å². The van der Waals surface area contributed by atoms with Crippen LogP contribution in [-0.4, -0.2) is 51.4 Å². The first-order valence-electron chi connectivity index (χ1n) is 5.91.